The maximum atomic E-state index is 12.4. The molecule has 1 aromatic carbocycles. The van der Waals surface area contributed by atoms with Gasteiger partial charge in [0.2, 0.25) is 11.9 Å². The number of amides is 2. The van der Waals surface area contributed by atoms with Gasteiger partial charge in [0.1, 0.15) is 6.04 Å². The van der Waals surface area contributed by atoms with Gasteiger partial charge in [-0.05, 0) is 35.0 Å². The minimum absolute atomic E-state index is 0.119. The molecular formula is C19H23N7O5. The standard InChI is InChI=1S/C19H23N7O5/c1-11-16(18(20)28)17(26-19(21-11)22-23-24-26)12-3-4-13(14(9-12)29-2)31-10-15(27)25-5-7-30-8-6-25/h3-4,9,17H,5-8,10H2,1-2H3,(H2,20,28)(H,21,22,24). The molecule has 0 aliphatic carbocycles. The number of methoxy groups -OCH3 is 1. The molecule has 1 unspecified atom stereocenters. The monoisotopic (exact) mass is 429 g/mol. The van der Waals surface area contributed by atoms with Gasteiger partial charge < -0.3 is 30.2 Å². The summed E-state index contributed by atoms with van der Waals surface area (Å²) in [7, 11) is 1.50. The summed E-state index contributed by atoms with van der Waals surface area (Å²) in [5, 5.41) is 14.6. The number of fused-ring (bicyclic) bond motifs is 1. The van der Waals surface area contributed by atoms with E-state index in [1.807, 2.05) is 0 Å². The van der Waals surface area contributed by atoms with Gasteiger partial charge in [-0.25, -0.2) is 0 Å². The zero-order valence-electron chi connectivity index (χ0n) is 17.2. The maximum absolute atomic E-state index is 12.4. The molecule has 0 saturated carbocycles. The Morgan fingerprint density at radius 1 is 1.29 bits per heavy atom. The van der Waals surface area contributed by atoms with Gasteiger partial charge in [-0.15, -0.1) is 0 Å². The van der Waals surface area contributed by atoms with Crippen molar-refractivity contribution in [3.8, 4) is 11.5 Å². The van der Waals surface area contributed by atoms with Crippen molar-refractivity contribution in [3.05, 3.63) is 35.0 Å². The molecule has 3 heterocycles. The van der Waals surface area contributed by atoms with Crippen molar-refractivity contribution < 1.29 is 23.8 Å². The molecule has 0 bridgehead atoms. The van der Waals surface area contributed by atoms with Gasteiger partial charge >= 0.3 is 0 Å². The van der Waals surface area contributed by atoms with E-state index in [1.54, 1.807) is 30.0 Å². The molecule has 2 aliphatic heterocycles. The first-order chi connectivity index (χ1) is 15.0. The molecule has 1 aromatic heterocycles. The number of morpholine rings is 1. The minimum Gasteiger partial charge on any atom is -0.493 e. The maximum Gasteiger partial charge on any atom is 0.260 e. The summed E-state index contributed by atoms with van der Waals surface area (Å²) < 4.78 is 17.9. The van der Waals surface area contributed by atoms with Gasteiger partial charge in [0.15, 0.2) is 18.1 Å². The number of aromatic nitrogens is 4. The Morgan fingerprint density at radius 2 is 2.06 bits per heavy atom. The number of nitrogens with two attached hydrogens (primary N) is 1. The van der Waals surface area contributed by atoms with Crippen LogP contribution in [0, 0.1) is 0 Å². The van der Waals surface area contributed by atoms with Crippen molar-refractivity contribution in [1.82, 2.24) is 25.1 Å². The molecule has 31 heavy (non-hydrogen) atoms. The molecule has 0 spiro atoms. The van der Waals surface area contributed by atoms with Crippen molar-refractivity contribution in [2.75, 3.05) is 45.3 Å². The van der Waals surface area contributed by atoms with Crippen LogP contribution in [0.4, 0.5) is 5.95 Å². The number of nitrogens with one attached hydrogen (secondary N) is 1. The molecular weight excluding hydrogens is 406 g/mol. The van der Waals surface area contributed by atoms with Crippen molar-refractivity contribution in [1.29, 1.82) is 0 Å². The molecule has 2 aliphatic rings. The van der Waals surface area contributed by atoms with Crippen molar-refractivity contribution >= 4 is 17.8 Å². The summed E-state index contributed by atoms with van der Waals surface area (Å²) in [6, 6.07) is 4.52. The molecule has 12 nitrogen and oxygen atoms in total. The largest absolute Gasteiger partial charge is 0.493 e. The zero-order valence-corrected chi connectivity index (χ0v) is 17.2. The number of rotatable bonds is 6. The van der Waals surface area contributed by atoms with Gasteiger partial charge in [0.25, 0.3) is 5.91 Å². The summed E-state index contributed by atoms with van der Waals surface area (Å²) in [6.45, 7) is 3.75. The highest BCUT2D eigenvalue weighted by molar-refractivity contribution is 5.95. The third kappa shape index (κ3) is 4.01. The number of benzene rings is 1. The first-order valence-electron chi connectivity index (χ1n) is 9.71. The third-order valence-corrected chi connectivity index (χ3v) is 5.20. The fourth-order valence-electron chi connectivity index (χ4n) is 3.66. The Labute approximate surface area is 177 Å². The smallest absolute Gasteiger partial charge is 0.260 e. The second-order valence-electron chi connectivity index (χ2n) is 7.07. The van der Waals surface area contributed by atoms with Crippen LogP contribution in [0.3, 0.4) is 0 Å². The number of primary amides is 1. The topological polar surface area (TPSA) is 147 Å². The fraction of sp³-hybridized carbons (Fsp3) is 0.421. The van der Waals surface area contributed by atoms with E-state index in [0.29, 0.717) is 60.6 Å². The van der Waals surface area contributed by atoms with Gasteiger partial charge in [-0.3, -0.25) is 9.59 Å². The van der Waals surface area contributed by atoms with Crippen molar-refractivity contribution in [2.24, 2.45) is 5.73 Å². The number of tetrazole rings is 1. The lowest BCUT2D eigenvalue weighted by Crippen LogP contribution is -2.43. The van der Waals surface area contributed by atoms with Crippen LogP contribution in [0.25, 0.3) is 0 Å². The summed E-state index contributed by atoms with van der Waals surface area (Å²) in [5.74, 6) is 0.483. The Kier molecular flexibility index (Phi) is 5.71. The Hall–Kier alpha value is -3.67. The van der Waals surface area contributed by atoms with Crippen molar-refractivity contribution in [2.45, 2.75) is 13.0 Å². The second-order valence-corrected chi connectivity index (χ2v) is 7.07. The predicted molar refractivity (Wildman–Crippen MR) is 107 cm³/mol. The van der Waals surface area contributed by atoms with Crippen molar-refractivity contribution in [3.63, 3.8) is 0 Å². The molecule has 164 valence electrons. The van der Waals surface area contributed by atoms with Gasteiger partial charge in [0, 0.05) is 18.8 Å². The molecule has 1 saturated heterocycles. The highest BCUT2D eigenvalue weighted by Gasteiger charge is 2.33. The minimum atomic E-state index is -0.637. The van der Waals surface area contributed by atoms with Crippen LogP contribution >= 0.6 is 0 Å². The van der Waals surface area contributed by atoms with Crippen LogP contribution in [0.15, 0.2) is 29.5 Å². The quantitative estimate of drug-likeness (QED) is 0.631. The number of hydrogen-bond acceptors (Lipinski definition) is 9. The molecule has 2 amide bonds. The van der Waals surface area contributed by atoms with Crippen LogP contribution in [-0.2, 0) is 14.3 Å². The number of carbonyl (C=O) groups is 2. The van der Waals surface area contributed by atoms with E-state index in [1.165, 1.54) is 11.8 Å². The molecule has 4 rings (SSSR count). The number of ether oxygens (including phenoxy) is 3. The van der Waals surface area contributed by atoms with E-state index < -0.39 is 11.9 Å². The Bertz CT molecular complexity index is 1030. The number of carbonyl (C=O) groups excluding carboxylic acids is 2. The van der Waals surface area contributed by atoms with Gasteiger partial charge in [-0.2, -0.15) is 4.68 Å². The summed E-state index contributed by atoms with van der Waals surface area (Å²) >= 11 is 0. The Balaban J connectivity index is 1.59. The predicted octanol–water partition coefficient (Wildman–Crippen LogP) is -0.306. The Morgan fingerprint density at radius 3 is 2.77 bits per heavy atom. The van der Waals surface area contributed by atoms with E-state index in [9.17, 15) is 9.59 Å². The van der Waals surface area contributed by atoms with E-state index >= 15 is 0 Å². The lowest BCUT2D eigenvalue weighted by Gasteiger charge is -2.28. The second kappa shape index (κ2) is 8.60. The lowest BCUT2D eigenvalue weighted by molar-refractivity contribution is -0.137. The molecule has 3 N–H and O–H groups in total. The fourth-order valence-corrected chi connectivity index (χ4v) is 3.66. The number of nitrogens with zero attached hydrogens (tertiary/aromatic N) is 5. The van der Waals surface area contributed by atoms with E-state index in [2.05, 4.69) is 20.8 Å². The summed E-state index contributed by atoms with van der Waals surface area (Å²) in [4.78, 5) is 26.2. The zero-order chi connectivity index (χ0) is 22.0. The molecule has 2 aromatic rings. The molecule has 1 fully saturated rings. The van der Waals surface area contributed by atoms with Crippen LogP contribution in [0.5, 0.6) is 11.5 Å². The summed E-state index contributed by atoms with van der Waals surface area (Å²) in [6.07, 6.45) is 0. The molecule has 1 atom stereocenters. The molecule has 12 heteroatoms. The first kappa shape index (κ1) is 20.6. The van der Waals surface area contributed by atoms with E-state index in [-0.39, 0.29) is 12.5 Å². The number of hydrogen-bond donors (Lipinski definition) is 2. The highest BCUT2D eigenvalue weighted by Crippen LogP contribution is 2.38. The summed E-state index contributed by atoms with van der Waals surface area (Å²) in [5.41, 5.74) is 7.21. The highest BCUT2D eigenvalue weighted by atomic mass is 16.5. The first-order valence-corrected chi connectivity index (χ1v) is 9.71. The third-order valence-electron chi connectivity index (χ3n) is 5.20. The lowest BCUT2D eigenvalue weighted by atomic mass is 9.95. The average Bonchev–Trinajstić information content (AvgIpc) is 3.24. The average molecular weight is 429 g/mol. The number of allylic oxidation sites excluding steroid dienone is 1. The SMILES string of the molecule is COc1cc(C2C(C(N)=O)=C(C)Nc3nnnn32)ccc1OCC(=O)N1CCOCC1. The van der Waals surface area contributed by atoms with Crippen LogP contribution in [0.1, 0.15) is 18.5 Å². The van der Waals surface area contributed by atoms with E-state index in [4.69, 9.17) is 19.9 Å². The van der Waals surface area contributed by atoms with Crippen LogP contribution in [0.2, 0.25) is 0 Å². The van der Waals surface area contributed by atoms with E-state index in [0.717, 1.165) is 0 Å². The molecule has 0 radical (unpaired) electrons. The normalized spacial score (nSPS) is 18.3. The number of anilines is 1. The van der Waals surface area contributed by atoms with Crippen LogP contribution in [-0.4, -0.2) is 76.9 Å². The van der Waals surface area contributed by atoms with Gasteiger partial charge in [-0.1, -0.05) is 11.2 Å². The van der Waals surface area contributed by atoms with Crippen LogP contribution < -0.4 is 20.5 Å². The van der Waals surface area contributed by atoms with Gasteiger partial charge in [0.05, 0.1) is 25.9 Å².